The first kappa shape index (κ1) is 14.4. The highest BCUT2D eigenvalue weighted by Crippen LogP contribution is 2.23. The maximum atomic E-state index is 10.6. The lowest BCUT2D eigenvalue weighted by atomic mass is 10.2. The number of aliphatic hydroxyl groups is 1. The van der Waals surface area contributed by atoms with Gasteiger partial charge in [-0.15, -0.1) is 0 Å². The van der Waals surface area contributed by atoms with E-state index in [0.717, 1.165) is 31.2 Å². The van der Waals surface area contributed by atoms with Gasteiger partial charge < -0.3 is 9.84 Å². The molecule has 0 unspecified atom stereocenters. The molecule has 5 nitrogen and oxygen atoms in total. The maximum Gasteiger partial charge on any atom is 0.269 e. The smallest absolute Gasteiger partial charge is 0.269 e. The van der Waals surface area contributed by atoms with Crippen LogP contribution in [0.2, 0.25) is 0 Å². The van der Waals surface area contributed by atoms with Gasteiger partial charge in [0.1, 0.15) is 5.75 Å². The second-order valence-corrected chi connectivity index (χ2v) is 4.19. The van der Waals surface area contributed by atoms with Crippen molar-refractivity contribution in [3.8, 4) is 5.75 Å². The third kappa shape index (κ3) is 4.71. The van der Waals surface area contributed by atoms with Crippen molar-refractivity contribution in [2.75, 3.05) is 13.2 Å². The minimum Gasteiger partial charge on any atom is -0.493 e. The molecule has 1 aromatic carbocycles. The van der Waals surface area contributed by atoms with Gasteiger partial charge in [0.15, 0.2) is 0 Å². The Morgan fingerprint density at radius 1 is 1.28 bits per heavy atom. The highest BCUT2D eigenvalue weighted by Gasteiger charge is 2.08. The SMILES string of the molecule is Cc1cc([N+](=O)[O-])ccc1OCCCCCCO. The average molecular weight is 253 g/mol. The van der Waals surface area contributed by atoms with Crippen LogP contribution in [0, 0.1) is 17.0 Å². The second-order valence-electron chi connectivity index (χ2n) is 4.19. The summed E-state index contributed by atoms with van der Waals surface area (Å²) < 4.78 is 5.57. The molecule has 0 amide bonds. The van der Waals surface area contributed by atoms with Crippen molar-refractivity contribution in [1.82, 2.24) is 0 Å². The molecule has 0 saturated heterocycles. The van der Waals surface area contributed by atoms with E-state index in [1.54, 1.807) is 13.0 Å². The molecule has 0 bridgehead atoms. The molecular formula is C13H19NO4. The normalized spacial score (nSPS) is 10.3. The minimum atomic E-state index is -0.411. The summed E-state index contributed by atoms with van der Waals surface area (Å²) in [4.78, 5) is 10.2. The lowest BCUT2D eigenvalue weighted by molar-refractivity contribution is -0.384. The fraction of sp³-hybridized carbons (Fsp3) is 0.538. The molecule has 0 aliphatic heterocycles. The van der Waals surface area contributed by atoms with E-state index in [-0.39, 0.29) is 12.3 Å². The molecular weight excluding hydrogens is 234 g/mol. The molecule has 0 saturated carbocycles. The first-order valence-corrected chi connectivity index (χ1v) is 6.14. The van der Waals surface area contributed by atoms with Crippen LogP contribution in [0.25, 0.3) is 0 Å². The van der Waals surface area contributed by atoms with E-state index in [4.69, 9.17) is 9.84 Å². The van der Waals surface area contributed by atoms with Crippen molar-refractivity contribution in [1.29, 1.82) is 0 Å². The number of aryl methyl sites for hydroxylation is 1. The Morgan fingerprint density at radius 3 is 2.61 bits per heavy atom. The lowest BCUT2D eigenvalue weighted by Gasteiger charge is -2.08. The number of hydrogen-bond donors (Lipinski definition) is 1. The maximum absolute atomic E-state index is 10.6. The third-order valence-electron chi connectivity index (χ3n) is 2.68. The summed E-state index contributed by atoms with van der Waals surface area (Å²) >= 11 is 0. The molecule has 0 aromatic heterocycles. The van der Waals surface area contributed by atoms with Gasteiger partial charge >= 0.3 is 0 Å². The van der Waals surface area contributed by atoms with Crippen LogP contribution in [0.15, 0.2) is 18.2 Å². The van der Waals surface area contributed by atoms with Gasteiger partial charge in [0.2, 0.25) is 0 Å². The van der Waals surface area contributed by atoms with E-state index in [9.17, 15) is 10.1 Å². The number of non-ortho nitro benzene ring substituents is 1. The molecule has 0 fully saturated rings. The zero-order valence-corrected chi connectivity index (χ0v) is 10.6. The fourth-order valence-electron chi connectivity index (χ4n) is 1.66. The van der Waals surface area contributed by atoms with E-state index in [1.165, 1.54) is 12.1 Å². The number of ether oxygens (including phenoxy) is 1. The first-order valence-electron chi connectivity index (χ1n) is 6.14. The Labute approximate surface area is 107 Å². The molecule has 100 valence electrons. The van der Waals surface area contributed by atoms with Gasteiger partial charge in [0, 0.05) is 18.7 Å². The number of benzene rings is 1. The van der Waals surface area contributed by atoms with E-state index in [2.05, 4.69) is 0 Å². The van der Waals surface area contributed by atoms with Crippen molar-refractivity contribution in [3.63, 3.8) is 0 Å². The van der Waals surface area contributed by atoms with Crippen molar-refractivity contribution in [2.45, 2.75) is 32.6 Å². The molecule has 0 radical (unpaired) electrons. The van der Waals surface area contributed by atoms with E-state index < -0.39 is 4.92 Å². The Bertz CT molecular complexity index is 393. The summed E-state index contributed by atoms with van der Waals surface area (Å²) in [5.41, 5.74) is 0.863. The summed E-state index contributed by atoms with van der Waals surface area (Å²) in [6.45, 7) is 2.64. The second kappa shape index (κ2) is 7.66. The summed E-state index contributed by atoms with van der Waals surface area (Å²) in [5, 5.41) is 19.2. The van der Waals surface area contributed by atoms with Crippen molar-refractivity contribution >= 4 is 5.69 Å². The van der Waals surface area contributed by atoms with Gasteiger partial charge in [-0.2, -0.15) is 0 Å². The first-order chi connectivity index (χ1) is 8.65. The summed E-state index contributed by atoms with van der Waals surface area (Å²) in [5.74, 6) is 0.697. The van der Waals surface area contributed by atoms with E-state index in [1.807, 2.05) is 0 Å². The molecule has 0 aliphatic carbocycles. The molecule has 1 rings (SSSR count). The molecule has 0 spiro atoms. The molecule has 1 aromatic rings. The van der Waals surface area contributed by atoms with Crippen LogP contribution in [0.4, 0.5) is 5.69 Å². The van der Waals surface area contributed by atoms with Gasteiger partial charge in [-0.05, 0) is 37.8 Å². The average Bonchev–Trinajstić information content (AvgIpc) is 2.35. The van der Waals surface area contributed by atoms with Crippen LogP contribution in [0.5, 0.6) is 5.75 Å². The summed E-state index contributed by atoms with van der Waals surface area (Å²) in [6, 6.07) is 4.61. The van der Waals surface area contributed by atoms with Crippen LogP contribution in [-0.4, -0.2) is 23.2 Å². The zero-order valence-electron chi connectivity index (χ0n) is 10.6. The third-order valence-corrected chi connectivity index (χ3v) is 2.68. The number of unbranched alkanes of at least 4 members (excludes halogenated alkanes) is 3. The number of rotatable bonds is 8. The fourth-order valence-corrected chi connectivity index (χ4v) is 1.66. The molecule has 1 N–H and O–H groups in total. The number of nitrogens with zero attached hydrogens (tertiary/aromatic N) is 1. The van der Waals surface area contributed by atoms with E-state index >= 15 is 0 Å². The zero-order chi connectivity index (χ0) is 13.4. The van der Waals surface area contributed by atoms with E-state index in [0.29, 0.717) is 12.4 Å². The Kier molecular flexibility index (Phi) is 6.14. The van der Waals surface area contributed by atoms with Crippen LogP contribution in [0.3, 0.4) is 0 Å². The van der Waals surface area contributed by atoms with Crippen LogP contribution < -0.4 is 4.74 Å². The van der Waals surface area contributed by atoms with Crippen molar-refractivity contribution in [2.24, 2.45) is 0 Å². The topological polar surface area (TPSA) is 72.6 Å². The number of nitro benzene ring substituents is 1. The number of nitro groups is 1. The van der Waals surface area contributed by atoms with Gasteiger partial charge in [-0.1, -0.05) is 6.42 Å². The minimum absolute atomic E-state index is 0.0859. The molecule has 18 heavy (non-hydrogen) atoms. The van der Waals surface area contributed by atoms with Gasteiger partial charge in [0.25, 0.3) is 5.69 Å². The van der Waals surface area contributed by atoms with Crippen molar-refractivity contribution < 1.29 is 14.8 Å². The lowest BCUT2D eigenvalue weighted by Crippen LogP contribution is -1.99. The quantitative estimate of drug-likeness (QED) is 0.439. The Morgan fingerprint density at radius 2 is 2.00 bits per heavy atom. The van der Waals surface area contributed by atoms with Gasteiger partial charge in [0.05, 0.1) is 11.5 Å². The predicted octanol–water partition coefficient (Wildman–Crippen LogP) is 2.83. The highest BCUT2D eigenvalue weighted by atomic mass is 16.6. The molecule has 5 heteroatoms. The molecule has 0 aliphatic rings. The van der Waals surface area contributed by atoms with Crippen LogP contribution >= 0.6 is 0 Å². The summed E-state index contributed by atoms with van der Waals surface area (Å²) in [7, 11) is 0. The monoisotopic (exact) mass is 253 g/mol. The Hall–Kier alpha value is -1.62. The number of hydrogen-bond acceptors (Lipinski definition) is 4. The van der Waals surface area contributed by atoms with Gasteiger partial charge in [-0.25, -0.2) is 0 Å². The highest BCUT2D eigenvalue weighted by molar-refractivity contribution is 5.42. The largest absolute Gasteiger partial charge is 0.493 e. The Balaban J connectivity index is 2.36. The molecule has 0 atom stereocenters. The number of aliphatic hydroxyl groups excluding tert-OH is 1. The van der Waals surface area contributed by atoms with Gasteiger partial charge in [-0.3, -0.25) is 10.1 Å². The van der Waals surface area contributed by atoms with Crippen LogP contribution in [-0.2, 0) is 0 Å². The standard InChI is InChI=1S/C13H19NO4/c1-11-10-12(14(16)17)6-7-13(11)18-9-5-3-2-4-8-15/h6-7,10,15H,2-5,8-9H2,1H3. The van der Waals surface area contributed by atoms with Crippen LogP contribution in [0.1, 0.15) is 31.2 Å². The summed E-state index contributed by atoms with van der Waals surface area (Å²) in [6.07, 6.45) is 3.78. The van der Waals surface area contributed by atoms with Crippen molar-refractivity contribution in [3.05, 3.63) is 33.9 Å². The predicted molar refractivity (Wildman–Crippen MR) is 68.9 cm³/mol. The molecule has 0 heterocycles.